The van der Waals surface area contributed by atoms with E-state index in [1.807, 2.05) is 6.20 Å². The quantitative estimate of drug-likeness (QED) is 0.139. The van der Waals surface area contributed by atoms with Gasteiger partial charge in [-0.3, -0.25) is 4.57 Å². The van der Waals surface area contributed by atoms with Crippen molar-refractivity contribution in [1.29, 1.82) is 0 Å². The van der Waals surface area contributed by atoms with Crippen molar-refractivity contribution >= 4 is 54.3 Å². The molecule has 10 aromatic rings. The van der Waals surface area contributed by atoms with Gasteiger partial charge in [0, 0.05) is 39.2 Å². The van der Waals surface area contributed by atoms with Crippen molar-refractivity contribution in [3.05, 3.63) is 169 Å². The fourth-order valence-corrected chi connectivity index (χ4v) is 8.61. The van der Waals surface area contributed by atoms with Gasteiger partial charge in [-0.1, -0.05) is 117 Å². The summed E-state index contributed by atoms with van der Waals surface area (Å²) in [6.45, 7) is 4.66. The summed E-state index contributed by atoms with van der Waals surface area (Å²) in [6, 6.07) is 54.3. The van der Waals surface area contributed by atoms with E-state index in [1.54, 1.807) is 0 Å². The highest BCUT2D eigenvalue weighted by Gasteiger charge is 2.36. The first-order chi connectivity index (χ1) is 25.5. The summed E-state index contributed by atoms with van der Waals surface area (Å²) in [4.78, 5) is 15.5. The van der Waals surface area contributed by atoms with Crippen LogP contribution < -0.4 is 0 Å². The first-order valence-electron chi connectivity index (χ1n) is 17.9. The Hall–Kier alpha value is -6.65. The summed E-state index contributed by atoms with van der Waals surface area (Å²) in [6.07, 6.45) is 2.03. The molecule has 0 spiro atoms. The molecule has 244 valence electrons. The zero-order valence-electron chi connectivity index (χ0n) is 28.8. The molecule has 0 bridgehead atoms. The molecule has 0 radical (unpaired) electrons. The molecule has 1 aliphatic carbocycles. The maximum atomic E-state index is 5.32. The molecule has 8 aromatic carbocycles. The van der Waals surface area contributed by atoms with Crippen LogP contribution >= 0.6 is 0 Å². The SMILES string of the molecule is CC1(C)c2cc(-c3ncc4c5cc6ccccc6cc5c5ccccc5c4n3)ccc2-c2ccc(-c3nc4ccccc4n3-c3ccccc3)cc21. The molecule has 0 fully saturated rings. The lowest BCUT2D eigenvalue weighted by Gasteiger charge is -2.22. The van der Waals surface area contributed by atoms with Crippen molar-refractivity contribution in [2.45, 2.75) is 19.3 Å². The van der Waals surface area contributed by atoms with Gasteiger partial charge in [0.05, 0.1) is 16.6 Å². The third-order valence-corrected chi connectivity index (χ3v) is 11.2. The Bertz CT molecular complexity index is 3100. The van der Waals surface area contributed by atoms with Crippen LogP contribution in [0.5, 0.6) is 0 Å². The summed E-state index contributed by atoms with van der Waals surface area (Å²) in [5, 5.41) is 8.30. The zero-order valence-corrected chi connectivity index (χ0v) is 28.8. The van der Waals surface area contributed by atoms with E-state index in [-0.39, 0.29) is 5.41 Å². The first kappa shape index (κ1) is 29.1. The van der Waals surface area contributed by atoms with Gasteiger partial charge in [-0.15, -0.1) is 0 Å². The number of imidazole rings is 1. The summed E-state index contributed by atoms with van der Waals surface area (Å²) in [5.41, 5.74) is 11.2. The largest absolute Gasteiger partial charge is 0.292 e. The lowest BCUT2D eigenvalue weighted by atomic mass is 9.81. The smallest absolute Gasteiger partial charge is 0.159 e. The Labute approximate surface area is 300 Å². The van der Waals surface area contributed by atoms with Gasteiger partial charge in [-0.2, -0.15) is 0 Å². The summed E-state index contributed by atoms with van der Waals surface area (Å²) < 4.78 is 2.27. The fourth-order valence-electron chi connectivity index (χ4n) is 8.61. The molecule has 1 aliphatic rings. The Balaban J connectivity index is 1.05. The van der Waals surface area contributed by atoms with E-state index in [0.717, 1.165) is 55.8 Å². The van der Waals surface area contributed by atoms with Crippen LogP contribution in [0.15, 0.2) is 158 Å². The minimum absolute atomic E-state index is 0.235. The maximum Gasteiger partial charge on any atom is 0.159 e. The van der Waals surface area contributed by atoms with Gasteiger partial charge < -0.3 is 0 Å². The van der Waals surface area contributed by atoms with Crippen molar-refractivity contribution in [1.82, 2.24) is 19.5 Å². The molecule has 4 nitrogen and oxygen atoms in total. The predicted molar refractivity (Wildman–Crippen MR) is 215 cm³/mol. The highest BCUT2D eigenvalue weighted by atomic mass is 15.1. The number of nitrogens with zero attached hydrogens (tertiary/aromatic N) is 4. The molecule has 0 atom stereocenters. The minimum Gasteiger partial charge on any atom is -0.292 e. The van der Waals surface area contributed by atoms with Crippen LogP contribution in [0.2, 0.25) is 0 Å². The second-order valence-electron chi connectivity index (χ2n) is 14.5. The normalized spacial score (nSPS) is 13.3. The van der Waals surface area contributed by atoms with Crippen LogP contribution in [0.4, 0.5) is 0 Å². The van der Waals surface area contributed by atoms with E-state index < -0.39 is 0 Å². The molecule has 0 saturated heterocycles. The molecule has 4 heteroatoms. The standard InChI is InChI=1S/C48H32N4/c1-48(2)41-26-31(46-49-28-40-39-25-30-13-7-6-12-29(30)24-38(39)34-16-8-9-17-37(34)45(40)51-46)20-22-35(41)36-23-21-32(27-42(36)48)47-50-43-18-10-11-19-44(43)52(47)33-14-4-3-5-15-33/h3-28H,1-2H3. The second-order valence-corrected chi connectivity index (χ2v) is 14.5. The number of hydrogen-bond acceptors (Lipinski definition) is 3. The molecule has 0 unspecified atom stereocenters. The van der Waals surface area contributed by atoms with Gasteiger partial charge in [0.2, 0.25) is 0 Å². The van der Waals surface area contributed by atoms with Gasteiger partial charge in [-0.05, 0) is 97.7 Å². The number of hydrogen-bond donors (Lipinski definition) is 0. The Morgan fingerprint density at radius 1 is 0.500 bits per heavy atom. The number of rotatable bonds is 3. The molecule has 2 aromatic heterocycles. The molecular formula is C48H32N4. The molecule has 0 aliphatic heterocycles. The molecule has 2 heterocycles. The van der Waals surface area contributed by atoms with Crippen LogP contribution in [0.3, 0.4) is 0 Å². The minimum atomic E-state index is -0.235. The van der Waals surface area contributed by atoms with E-state index in [1.165, 1.54) is 49.2 Å². The Kier molecular flexibility index (Phi) is 5.98. The van der Waals surface area contributed by atoms with Crippen LogP contribution in [0.25, 0.3) is 93.8 Å². The second kappa shape index (κ2) is 10.7. The molecule has 11 rings (SSSR count). The van der Waals surface area contributed by atoms with Crippen LogP contribution in [0.1, 0.15) is 25.0 Å². The third-order valence-electron chi connectivity index (χ3n) is 11.2. The molecule has 52 heavy (non-hydrogen) atoms. The zero-order chi connectivity index (χ0) is 34.6. The molecular weight excluding hydrogens is 633 g/mol. The summed E-state index contributed by atoms with van der Waals surface area (Å²) in [7, 11) is 0. The predicted octanol–water partition coefficient (Wildman–Crippen LogP) is 12.1. The number of benzene rings is 8. The van der Waals surface area contributed by atoms with E-state index in [0.29, 0.717) is 0 Å². The van der Waals surface area contributed by atoms with Gasteiger partial charge >= 0.3 is 0 Å². The molecule has 0 amide bonds. The van der Waals surface area contributed by atoms with Gasteiger partial charge in [-0.25, -0.2) is 15.0 Å². The van der Waals surface area contributed by atoms with Gasteiger partial charge in [0.25, 0.3) is 0 Å². The van der Waals surface area contributed by atoms with Gasteiger partial charge in [0.1, 0.15) is 5.82 Å². The highest BCUT2D eigenvalue weighted by molar-refractivity contribution is 6.26. The van der Waals surface area contributed by atoms with Crippen molar-refractivity contribution < 1.29 is 0 Å². The lowest BCUT2D eigenvalue weighted by Crippen LogP contribution is -2.15. The van der Waals surface area contributed by atoms with E-state index in [9.17, 15) is 0 Å². The Morgan fingerprint density at radius 2 is 1.12 bits per heavy atom. The number of aromatic nitrogens is 4. The van der Waals surface area contributed by atoms with Crippen molar-refractivity contribution in [2.24, 2.45) is 0 Å². The number of fused-ring (bicyclic) bond motifs is 11. The molecule has 0 saturated carbocycles. The van der Waals surface area contributed by atoms with Crippen molar-refractivity contribution in [3.8, 4) is 39.6 Å². The molecule has 0 N–H and O–H groups in total. The Morgan fingerprint density at radius 3 is 1.88 bits per heavy atom. The number of para-hydroxylation sites is 3. The van der Waals surface area contributed by atoms with Crippen LogP contribution in [-0.2, 0) is 5.41 Å². The van der Waals surface area contributed by atoms with Crippen LogP contribution in [0, 0.1) is 0 Å². The monoisotopic (exact) mass is 664 g/mol. The van der Waals surface area contributed by atoms with E-state index >= 15 is 0 Å². The van der Waals surface area contributed by atoms with Gasteiger partial charge in [0.15, 0.2) is 5.82 Å². The van der Waals surface area contributed by atoms with Crippen molar-refractivity contribution in [2.75, 3.05) is 0 Å². The van der Waals surface area contributed by atoms with Crippen molar-refractivity contribution in [3.63, 3.8) is 0 Å². The lowest BCUT2D eigenvalue weighted by molar-refractivity contribution is 0.660. The maximum absolute atomic E-state index is 5.32. The van der Waals surface area contributed by atoms with E-state index in [4.69, 9.17) is 15.0 Å². The van der Waals surface area contributed by atoms with E-state index in [2.05, 4.69) is 170 Å². The highest BCUT2D eigenvalue weighted by Crippen LogP contribution is 2.51. The van der Waals surface area contributed by atoms with Crippen LogP contribution in [-0.4, -0.2) is 19.5 Å². The fraction of sp³-hybridized carbons (Fsp3) is 0.0625. The summed E-state index contributed by atoms with van der Waals surface area (Å²) in [5.74, 6) is 1.68. The average Bonchev–Trinajstić information content (AvgIpc) is 3.69. The average molecular weight is 665 g/mol. The summed E-state index contributed by atoms with van der Waals surface area (Å²) >= 11 is 0. The third kappa shape index (κ3) is 4.12. The first-order valence-corrected chi connectivity index (χ1v) is 17.9. The topological polar surface area (TPSA) is 43.6 Å².